The first-order valence-electron chi connectivity index (χ1n) is 7.09. The average molecular weight is 311 g/mol. The Kier molecular flexibility index (Phi) is 3.49. The minimum absolute atomic E-state index is 0.320. The summed E-state index contributed by atoms with van der Waals surface area (Å²) in [5.74, 6) is -0.912. The van der Waals surface area contributed by atoms with Crippen molar-refractivity contribution in [2.24, 2.45) is 0 Å². The molecular formula is C18H17NO2S. The van der Waals surface area contributed by atoms with Gasteiger partial charge in [-0.05, 0) is 57.0 Å². The van der Waals surface area contributed by atoms with Crippen molar-refractivity contribution in [3.05, 3.63) is 50.7 Å². The lowest BCUT2D eigenvalue weighted by Gasteiger charge is -2.10. The van der Waals surface area contributed by atoms with Crippen molar-refractivity contribution in [3.8, 4) is 11.3 Å². The van der Waals surface area contributed by atoms with E-state index in [1.54, 1.807) is 17.4 Å². The zero-order valence-corrected chi connectivity index (χ0v) is 13.8. The predicted molar refractivity (Wildman–Crippen MR) is 91.0 cm³/mol. The highest BCUT2D eigenvalue weighted by Crippen LogP contribution is 2.33. The van der Waals surface area contributed by atoms with E-state index in [2.05, 4.69) is 13.0 Å². The summed E-state index contributed by atoms with van der Waals surface area (Å²) in [6, 6.07) is 7.72. The van der Waals surface area contributed by atoms with Crippen molar-refractivity contribution >= 4 is 28.2 Å². The van der Waals surface area contributed by atoms with Gasteiger partial charge in [-0.2, -0.15) is 0 Å². The fourth-order valence-corrected chi connectivity index (χ4v) is 3.88. The minimum atomic E-state index is -0.912. The number of carboxylic acids is 1. The lowest BCUT2D eigenvalue weighted by Crippen LogP contribution is -2.02. The minimum Gasteiger partial charge on any atom is -0.478 e. The largest absolute Gasteiger partial charge is 0.478 e. The van der Waals surface area contributed by atoms with Crippen molar-refractivity contribution in [3.63, 3.8) is 0 Å². The molecule has 0 aliphatic rings. The van der Waals surface area contributed by atoms with Crippen LogP contribution in [0.15, 0.2) is 24.3 Å². The number of pyridine rings is 1. The van der Waals surface area contributed by atoms with E-state index >= 15 is 0 Å². The molecule has 3 rings (SSSR count). The zero-order chi connectivity index (χ0) is 16.0. The van der Waals surface area contributed by atoms with Crippen LogP contribution in [-0.2, 0) is 0 Å². The number of rotatable bonds is 2. The molecular weight excluding hydrogens is 294 g/mol. The summed E-state index contributed by atoms with van der Waals surface area (Å²) in [6.07, 6.45) is 0. The molecule has 2 heterocycles. The molecule has 0 fully saturated rings. The van der Waals surface area contributed by atoms with E-state index in [4.69, 9.17) is 4.98 Å². The number of aromatic carboxylic acids is 1. The van der Waals surface area contributed by atoms with Crippen LogP contribution < -0.4 is 0 Å². The van der Waals surface area contributed by atoms with Gasteiger partial charge in [0.15, 0.2) is 0 Å². The van der Waals surface area contributed by atoms with E-state index in [1.807, 2.05) is 32.9 Å². The van der Waals surface area contributed by atoms with E-state index in [0.29, 0.717) is 5.56 Å². The van der Waals surface area contributed by atoms with Crippen LogP contribution in [0.2, 0.25) is 0 Å². The number of hydrogen-bond acceptors (Lipinski definition) is 3. The highest BCUT2D eigenvalue weighted by molar-refractivity contribution is 7.12. The van der Waals surface area contributed by atoms with Crippen LogP contribution in [0.5, 0.6) is 0 Å². The Hall–Kier alpha value is -2.20. The van der Waals surface area contributed by atoms with Gasteiger partial charge in [-0.15, -0.1) is 11.3 Å². The van der Waals surface area contributed by atoms with Crippen LogP contribution in [0.3, 0.4) is 0 Å². The third-order valence-electron chi connectivity index (χ3n) is 3.80. The first kappa shape index (κ1) is 14.7. The monoisotopic (exact) mass is 311 g/mol. The van der Waals surface area contributed by atoms with Crippen molar-refractivity contribution in [1.82, 2.24) is 4.98 Å². The Labute approximate surface area is 133 Å². The van der Waals surface area contributed by atoms with Gasteiger partial charge in [0.05, 0.1) is 16.8 Å². The van der Waals surface area contributed by atoms with E-state index in [1.165, 1.54) is 4.88 Å². The third kappa shape index (κ3) is 2.40. The molecule has 0 unspecified atom stereocenters. The van der Waals surface area contributed by atoms with Gasteiger partial charge in [0.25, 0.3) is 0 Å². The molecule has 0 radical (unpaired) electrons. The Bertz CT molecular complexity index is 909. The number of hydrogen-bond donors (Lipinski definition) is 1. The molecule has 0 saturated carbocycles. The maximum absolute atomic E-state index is 11.7. The second-order valence-corrected chi connectivity index (χ2v) is 7.12. The van der Waals surface area contributed by atoms with Gasteiger partial charge >= 0.3 is 5.97 Å². The normalized spacial score (nSPS) is 11.1. The fraction of sp³-hybridized carbons (Fsp3) is 0.222. The number of aryl methyl sites for hydroxylation is 4. The molecule has 3 nitrogen and oxygen atoms in total. The van der Waals surface area contributed by atoms with E-state index < -0.39 is 5.97 Å². The van der Waals surface area contributed by atoms with Gasteiger partial charge in [-0.25, -0.2) is 9.78 Å². The number of thiophene rings is 1. The topological polar surface area (TPSA) is 50.2 Å². The molecule has 0 aliphatic heterocycles. The van der Waals surface area contributed by atoms with E-state index in [-0.39, 0.29) is 0 Å². The highest BCUT2D eigenvalue weighted by atomic mass is 32.1. The maximum atomic E-state index is 11.7. The predicted octanol–water partition coefficient (Wildman–Crippen LogP) is 4.90. The number of fused-ring (bicyclic) bond motifs is 1. The number of nitrogens with zero attached hydrogens (tertiary/aromatic N) is 1. The molecule has 3 aromatic rings. The van der Waals surface area contributed by atoms with Crippen molar-refractivity contribution in [2.45, 2.75) is 27.7 Å². The molecule has 112 valence electrons. The number of benzene rings is 1. The second-order valence-electron chi connectivity index (χ2n) is 5.66. The molecule has 0 amide bonds. The number of carbonyl (C=O) groups is 1. The Balaban J connectivity index is 2.39. The van der Waals surface area contributed by atoms with E-state index in [9.17, 15) is 9.90 Å². The summed E-state index contributed by atoms with van der Waals surface area (Å²) in [4.78, 5) is 18.8. The van der Waals surface area contributed by atoms with Crippen LogP contribution in [0.25, 0.3) is 22.2 Å². The van der Waals surface area contributed by atoms with Gasteiger partial charge in [-0.1, -0.05) is 6.07 Å². The van der Waals surface area contributed by atoms with Gasteiger partial charge in [0.2, 0.25) is 0 Å². The van der Waals surface area contributed by atoms with Crippen LogP contribution in [0.1, 0.15) is 31.2 Å². The lowest BCUT2D eigenvalue weighted by molar-refractivity contribution is 0.0699. The fourth-order valence-electron chi connectivity index (χ4n) is 2.95. The SMILES string of the molecule is Cc1cc(C)c2c(C(=O)O)cc(-c3cc(C)sc3C)nc2c1. The quantitative estimate of drug-likeness (QED) is 0.732. The van der Waals surface area contributed by atoms with Gasteiger partial charge < -0.3 is 5.11 Å². The molecule has 1 aromatic carbocycles. The summed E-state index contributed by atoms with van der Waals surface area (Å²) in [5.41, 5.74) is 4.85. The number of aromatic nitrogens is 1. The molecule has 0 bridgehead atoms. The zero-order valence-electron chi connectivity index (χ0n) is 13.0. The average Bonchev–Trinajstić information content (AvgIpc) is 2.75. The van der Waals surface area contributed by atoms with Crippen molar-refractivity contribution in [1.29, 1.82) is 0 Å². The van der Waals surface area contributed by atoms with Crippen molar-refractivity contribution < 1.29 is 9.90 Å². The maximum Gasteiger partial charge on any atom is 0.336 e. The van der Waals surface area contributed by atoms with E-state index in [0.717, 1.165) is 38.2 Å². The van der Waals surface area contributed by atoms with Crippen LogP contribution >= 0.6 is 11.3 Å². The molecule has 22 heavy (non-hydrogen) atoms. The molecule has 0 atom stereocenters. The van der Waals surface area contributed by atoms with Gasteiger partial charge in [-0.3, -0.25) is 0 Å². The first-order valence-corrected chi connectivity index (χ1v) is 7.91. The summed E-state index contributed by atoms with van der Waals surface area (Å²) < 4.78 is 0. The highest BCUT2D eigenvalue weighted by Gasteiger charge is 2.16. The van der Waals surface area contributed by atoms with Crippen molar-refractivity contribution in [2.75, 3.05) is 0 Å². The van der Waals surface area contributed by atoms with Crippen LogP contribution in [0.4, 0.5) is 0 Å². The summed E-state index contributed by atoms with van der Waals surface area (Å²) >= 11 is 1.70. The summed E-state index contributed by atoms with van der Waals surface area (Å²) in [5, 5.41) is 10.3. The molecule has 0 aliphatic carbocycles. The number of carboxylic acid groups (broad SMARTS) is 1. The van der Waals surface area contributed by atoms with Crippen LogP contribution in [-0.4, -0.2) is 16.1 Å². The summed E-state index contributed by atoms with van der Waals surface area (Å²) in [7, 11) is 0. The van der Waals surface area contributed by atoms with Gasteiger partial charge in [0, 0.05) is 20.7 Å². The molecule has 1 N–H and O–H groups in total. The Morgan fingerprint density at radius 3 is 2.41 bits per heavy atom. The summed E-state index contributed by atoms with van der Waals surface area (Å²) in [6.45, 7) is 8.03. The third-order valence-corrected chi connectivity index (χ3v) is 4.76. The lowest BCUT2D eigenvalue weighted by atomic mass is 9.99. The molecule has 0 saturated heterocycles. The Morgan fingerprint density at radius 2 is 1.82 bits per heavy atom. The smallest absolute Gasteiger partial charge is 0.336 e. The Morgan fingerprint density at radius 1 is 1.09 bits per heavy atom. The van der Waals surface area contributed by atoms with Crippen LogP contribution in [0, 0.1) is 27.7 Å². The molecule has 0 spiro atoms. The molecule has 4 heteroatoms. The van der Waals surface area contributed by atoms with Gasteiger partial charge in [0.1, 0.15) is 0 Å². The first-order chi connectivity index (χ1) is 10.4. The molecule has 2 aromatic heterocycles. The second kappa shape index (κ2) is 5.21. The standard InChI is InChI=1S/C18H17NO2S/c1-9-5-10(2)17-14(18(20)21)8-15(19-16(17)6-9)13-7-11(3)22-12(13)4/h5-8H,1-4H3,(H,20,21).